The van der Waals surface area contributed by atoms with Crippen LogP contribution in [0, 0.1) is 11.7 Å². The van der Waals surface area contributed by atoms with Gasteiger partial charge in [-0.05, 0) is 49.9 Å². The van der Waals surface area contributed by atoms with Crippen molar-refractivity contribution in [3.05, 3.63) is 30.1 Å². The molecule has 0 radical (unpaired) electrons. The SMILES string of the molecule is CC1C(=O)N(CC2CCCCC2)C(=O)N1c1ccc(F)cc1. The summed E-state index contributed by atoms with van der Waals surface area (Å²) in [6.45, 7) is 2.24. The number of benzene rings is 1. The van der Waals surface area contributed by atoms with Crippen LogP contribution in [0.4, 0.5) is 14.9 Å². The minimum absolute atomic E-state index is 0.153. The molecule has 22 heavy (non-hydrogen) atoms. The Morgan fingerprint density at radius 2 is 1.73 bits per heavy atom. The van der Waals surface area contributed by atoms with E-state index in [1.807, 2.05) is 0 Å². The lowest BCUT2D eigenvalue weighted by Gasteiger charge is -2.25. The molecular weight excluding hydrogens is 283 g/mol. The number of carbonyl (C=O) groups excluding carboxylic acids is 2. The van der Waals surface area contributed by atoms with Crippen LogP contribution in [0.5, 0.6) is 0 Å². The largest absolute Gasteiger partial charge is 0.331 e. The van der Waals surface area contributed by atoms with E-state index >= 15 is 0 Å². The van der Waals surface area contributed by atoms with Crippen molar-refractivity contribution in [1.82, 2.24) is 4.90 Å². The van der Waals surface area contributed by atoms with Crippen LogP contribution in [0.15, 0.2) is 24.3 Å². The van der Waals surface area contributed by atoms with Gasteiger partial charge in [-0.15, -0.1) is 0 Å². The van der Waals surface area contributed by atoms with Crippen molar-refractivity contribution >= 4 is 17.6 Å². The van der Waals surface area contributed by atoms with E-state index in [-0.39, 0.29) is 17.8 Å². The van der Waals surface area contributed by atoms with Gasteiger partial charge in [-0.25, -0.2) is 9.18 Å². The van der Waals surface area contributed by atoms with Crippen molar-refractivity contribution in [2.24, 2.45) is 5.92 Å². The molecule has 1 unspecified atom stereocenters. The average molecular weight is 304 g/mol. The van der Waals surface area contributed by atoms with Crippen molar-refractivity contribution in [3.63, 3.8) is 0 Å². The fourth-order valence-electron chi connectivity index (χ4n) is 3.46. The zero-order valence-electron chi connectivity index (χ0n) is 12.8. The molecule has 0 aromatic heterocycles. The maximum absolute atomic E-state index is 13.0. The topological polar surface area (TPSA) is 40.6 Å². The Kier molecular flexibility index (Phi) is 4.14. The van der Waals surface area contributed by atoms with Crippen LogP contribution < -0.4 is 4.90 Å². The van der Waals surface area contributed by atoms with Gasteiger partial charge in [0.1, 0.15) is 11.9 Å². The molecular formula is C17H21FN2O2. The summed E-state index contributed by atoms with van der Waals surface area (Å²) >= 11 is 0. The molecule has 3 amide bonds. The average Bonchev–Trinajstić information content (AvgIpc) is 2.73. The summed E-state index contributed by atoms with van der Waals surface area (Å²) in [6.07, 6.45) is 5.77. The van der Waals surface area contributed by atoms with Gasteiger partial charge in [0.05, 0.1) is 0 Å². The zero-order chi connectivity index (χ0) is 15.7. The summed E-state index contributed by atoms with van der Waals surface area (Å²) in [6, 6.07) is 4.89. The second kappa shape index (κ2) is 6.07. The normalized spacial score (nSPS) is 23.5. The monoisotopic (exact) mass is 304 g/mol. The first-order valence-electron chi connectivity index (χ1n) is 7.98. The number of imide groups is 1. The molecule has 0 spiro atoms. The number of hydrogen-bond donors (Lipinski definition) is 0. The van der Waals surface area contributed by atoms with E-state index in [0.717, 1.165) is 12.8 Å². The summed E-state index contributed by atoms with van der Waals surface area (Å²) in [5.74, 6) is -0.0876. The Hall–Kier alpha value is -1.91. The smallest absolute Gasteiger partial charge is 0.282 e. The standard InChI is InChI=1S/C17H21FN2O2/c1-12-16(21)19(11-13-5-3-2-4-6-13)17(22)20(12)15-9-7-14(18)8-10-15/h7-10,12-13H,2-6,11H2,1H3. The third-order valence-electron chi connectivity index (χ3n) is 4.72. The van der Waals surface area contributed by atoms with Gasteiger partial charge in [-0.3, -0.25) is 14.6 Å². The summed E-state index contributed by atoms with van der Waals surface area (Å²) in [5.41, 5.74) is 0.568. The van der Waals surface area contributed by atoms with Crippen molar-refractivity contribution < 1.29 is 14.0 Å². The van der Waals surface area contributed by atoms with Crippen molar-refractivity contribution in [1.29, 1.82) is 0 Å². The number of urea groups is 1. The Bertz CT molecular complexity index is 567. The van der Waals surface area contributed by atoms with E-state index in [0.29, 0.717) is 18.2 Å². The van der Waals surface area contributed by atoms with Crippen LogP contribution in [0.1, 0.15) is 39.0 Å². The molecule has 118 valence electrons. The van der Waals surface area contributed by atoms with E-state index in [1.165, 1.54) is 41.2 Å². The molecule has 2 fully saturated rings. The summed E-state index contributed by atoms with van der Waals surface area (Å²) in [5, 5.41) is 0. The van der Waals surface area contributed by atoms with Crippen LogP contribution in [0.3, 0.4) is 0 Å². The molecule has 1 heterocycles. The number of nitrogens with zero attached hydrogens (tertiary/aromatic N) is 2. The first-order chi connectivity index (χ1) is 10.6. The van der Waals surface area contributed by atoms with Gasteiger partial charge in [0.15, 0.2) is 0 Å². The third-order valence-corrected chi connectivity index (χ3v) is 4.72. The lowest BCUT2D eigenvalue weighted by Crippen LogP contribution is -2.37. The van der Waals surface area contributed by atoms with Crippen LogP contribution in [0.25, 0.3) is 0 Å². The van der Waals surface area contributed by atoms with E-state index in [2.05, 4.69) is 0 Å². The highest BCUT2D eigenvalue weighted by Crippen LogP contribution is 2.30. The molecule has 1 aliphatic heterocycles. The first-order valence-corrected chi connectivity index (χ1v) is 7.98. The molecule has 4 nitrogen and oxygen atoms in total. The molecule has 1 aromatic rings. The minimum Gasteiger partial charge on any atom is -0.282 e. The van der Waals surface area contributed by atoms with Gasteiger partial charge in [-0.2, -0.15) is 0 Å². The molecule has 1 aliphatic carbocycles. The zero-order valence-corrected chi connectivity index (χ0v) is 12.8. The maximum atomic E-state index is 13.0. The highest BCUT2D eigenvalue weighted by atomic mass is 19.1. The number of carbonyl (C=O) groups is 2. The molecule has 1 aromatic carbocycles. The molecule has 5 heteroatoms. The first kappa shape index (κ1) is 15.0. The Morgan fingerprint density at radius 1 is 1.09 bits per heavy atom. The quantitative estimate of drug-likeness (QED) is 0.801. The number of anilines is 1. The van der Waals surface area contributed by atoms with E-state index in [4.69, 9.17) is 0 Å². The Morgan fingerprint density at radius 3 is 2.36 bits per heavy atom. The second-order valence-corrected chi connectivity index (χ2v) is 6.26. The molecule has 2 aliphatic rings. The lowest BCUT2D eigenvalue weighted by molar-refractivity contribution is -0.127. The van der Waals surface area contributed by atoms with E-state index in [1.54, 1.807) is 19.1 Å². The van der Waals surface area contributed by atoms with Gasteiger partial charge in [0.2, 0.25) is 0 Å². The van der Waals surface area contributed by atoms with E-state index in [9.17, 15) is 14.0 Å². The molecule has 0 N–H and O–H groups in total. The third kappa shape index (κ3) is 2.72. The minimum atomic E-state index is -0.526. The van der Waals surface area contributed by atoms with Crippen LogP contribution in [0.2, 0.25) is 0 Å². The molecule has 0 bridgehead atoms. The maximum Gasteiger partial charge on any atom is 0.331 e. The molecule has 1 saturated carbocycles. The fourth-order valence-corrected chi connectivity index (χ4v) is 3.46. The number of amides is 3. The summed E-state index contributed by atoms with van der Waals surface area (Å²) in [4.78, 5) is 27.9. The van der Waals surface area contributed by atoms with Crippen molar-refractivity contribution in [2.75, 3.05) is 11.4 Å². The van der Waals surface area contributed by atoms with Gasteiger partial charge in [0.25, 0.3) is 5.91 Å². The lowest BCUT2D eigenvalue weighted by atomic mass is 9.89. The Balaban J connectivity index is 1.77. The number of halogens is 1. The molecule has 3 rings (SSSR count). The second-order valence-electron chi connectivity index (χ2n) is 6.26. The van der Waals surface area contributed by atoms with Crippen LogP contribution >= 0.6 is 0 Å². The van der Waals surface area contributed by atoms with Crippen molar-refractivity contribution in [3.8, 4) is 0 Å². The Labute approximate surface area is 129 Å². The summed E-state index contributed by atoms with van der Waals surface area (Å²) < 4.78 is 13.0. The highest BCUT2D eigenvalue weighted by molar-refractivity contribution is 6.14. The van der Waals surface area contributed by atoms with Gasteiger partial charge in [0, 0.05) is 12.2 Å². The van der Waals surface area contributed by atoms with E-state index < -0.39 is 6.04 Å². The van der Waals surface area contributed by atoms with Crippen LogP contribution in [-0.4, -0.2) is 29.4 Å². The highest BCUT2D eigenvalue weighted by Gasteiger charge is 2.43. The predicted octanol–water partition coefficient (Wildman–Crippen LogP) is 3.56. The van der Waals surface area contributed by atoms with Gasteiger partial charge >= 0.3 is 6.03 Å². The van der Waals surface area contributed by atoms with Crippen molar-refractivity contribution in [2.45, 2.75) is 45.1 Å². The predicted molar refractivity (Wildman–Crippen MR) is 82.0 cm³/mol. The molecule has 1 saturated heterocycles. The van der Waals surface area contributed by atoms with Gasteiger partial charge in [-0.1, -0.05) is 19.3 Å². The summed E-state index contributed by atoms with van der Waals surface area (Å²) in [7, 11) is 0. The number of rotatable bonds is 3. The molecule has 1 atom stereocenters. The van der Waals surface area contributed by atoms with Crippen LogP contribution in [-0.2, 0) is 4.79 Å². The van der Waals surface area contributed by atoms with Gasteiger partial charge < -0.3 is 0 Å². The fraction of sp³-hybridized carbons (Fsp3) is 0.529. The number of hydrogen-bond acceptors (Lipinski definition) is 2.